The van der Waals surface area contributed by atoms with Crippen LogP contribution in [-0.2, 0) is 14.8 Å². The quantitative estimate of drug-likeness (QED) is 0.719. The molecular weight excluding hydrogens is 215 g/mol. The van der Waals surface area contributed by atoms with Crippen LogP contribution in [0, 0.1) is 0 Å². The largest absolute Gasteiger partial charge is 0.511 e. The van der Waals surface area contributed by atoms with Crippen molar-refractivity contribution in [1.82, 2.24) is 4.31 Å². The molecule has 0 bridgehead atoms. The fourth-order valence-corrected chi connectivity index (χ4v) is 1.09. The van der Waals surface area contributed by atoms with Gasteiger partial charge in [-0.2, -0.15) is 17.5 Å². The van der Waals surface area contributed by atoms with Crippen molar-refractivity contribution in [3.8, 4) is 0 Å². The van der Waals surface area contributed by atoms with Crippen LogP contribution in [0.4, 0.5) is 13.2 Å². The van der Waals surface area contributed by atoms with Gasteiger partial charge in [0.15, 0.2) is 0 Å². The highest BCUT2D eigenvalue weighted by Gasteiger charge is 2.49. The van der Waals surface area contributed by atoms with Crippen LogP contribution in [0.2, 0.25) is 0 Å². The fraction of sp³-hybridized carbons (Fsp3) is 0.750. The van der Waals surface area contributed by atoms with E-state index in [0.717, 1.165) is 0 Å². The van der Waals surface area contributed by atoms with Gasteiger partial charge in [0.2, 0.25) is 0 Å². The monoisotopic (exact) mass is 221 g/mol. The molecule has 0 amide bonds. The van der Waals surface area contributed by atoms with E-state index in [1.165, 1.54) is 0 Å². The number of hydrogen-bond donors (Lipinski definition) is 1. The molecule has 0 spiro atoms. The van der Waals surface area contributed by atoms with Crippen LogP contribution in [-0.4, -0.2) is 42.9 Å². The normalized spacial score (nSPS) is 13.3. The molecule has 0 saturated heterocycles. The number of carboxylic acid groups (broad SMARTS) is 1. The van der Waals surface area contributed by atoms with Gasteiger partial charge < -0.3 is 5.11 Å². The predicted molar refractivity (Wildman–Crippen MR) is 35.2 cm³/mol. The lowest BCUT2D eigenvalue weighted by atomic mass is 10.7. The van der Waals surface area contributed by atoms with Gasteiger partial charge in [0.25, 0.3) is 0 Å². The second-order valence-corrected chi connectivity index (χ2v) is 4.14. The smallest absolute Gasteiger partial charge is 0.480 e. The Hall–Kier alpha value is -0.830. The first kappa shape index (κ1) is 12.2. The zero-order valence-electron chi connectivity index (χ0n) is 6.37. The van der Waals surface area contributed by atoms with E-state index in [1.807, 2.05) is 0 Å². The Labute approximate surface area is 71.8 Å². The minimum Gasteiger partial charge on any atom is -0.480 e. The average molecular weight is 221 g/mol. The van der Waals surface area contributed by atoms with E-state index in [4.69, 9.17) is 5.11 Å². The van der Waals surface area contributed by atoms with E-state index in [0.29, 0.717) is 7.05 Å². The summed E-state index contributed by atoms with van der Waals surface area (Å²) in [7, 11) is -4.98. The van der Waals surface area contributed by atoms with Gasteiger partial charge in [-0.3, -0.25) is 4.79 Å². The summed E-state index contributed by atoms with van der Waals surface area (Å²) in [5.74, 6) is -1.66. The summed E-state index contributed by atoms with van der Waals surface area (Å²) >= 11 is 0. The number of rotatable bonds is 3. The number of nitrogens with zero attached hydrogens (tertiary/aromatic N) is 1. The molecule has 0 aromatic carbocycles. The van der Waals surface area contributed by atoms with Crippen LogP contribution in [0.25, 0.3) is 0 Å². The molecule has 0 aliphatic rings. The van der Waals surface area contributed by atoms with E-state index >= 15 is 0 Å². The molecule has 0 aliphatic heterocycles. The van der Waals surface area contributed by atoms with Crippen molar-refractivity contribution in [3.05, 3.63) is 0 Å². The maximum absolute atomic E-state index is 11.7. The molecule has 0 aliphatic carbocycles. The number of carbonyl (C=O) groups is 1. The first-order chi connectivity index (χ1) is 5.59. The second-order valence-electron chi connectivity index (χ2n) is 2.10. The number of halogens is 3. The third kappa shape index (κ3) is 2.84. The fourth-order valence-electron chi connectivity index (χ4n) is 0.452. The van der Waals surface area contributed by atoms with Crippen molar-refractivity contribution in [2.45, 2.75) is 5.51 Å². The van der Waals surface area contributed by atoms with Crippen molar-refractivity contribution in [3.63, 3.8) is 0 Å². The van der Waals surface area contributed by atoms with Gasteiger partial charge in [0.1, 0.15) is 6.54 Å². The Morgan fingerprint density at radius 1 is 1.46 bits per heavy atom. The highest BCUT2D eigenvalue weighted by Crippen LogP contribution is 2.25. The van der Waals surface area contributed by atoms with Gasteiger partial charge in [0, 0.05) is 7.05 Å². The molecule has 1 N–H and O–H groups in total. The molecule has 0 rings (SSSR count). The topological polar surface area (TPSA) is 74.7 Å². The van der Waals surface area contributed by atoms with E-state index in [9.17, 15) is 26.4 Å². The zero-order valence-corrected chi connectivity index (χ0v) is 7.18. The Balaban J connectivity index is 4.77. The molecule has 0 unspecified atom stereocenters. The lowest BCUT2D eigenvalue weighted by Gasteiger charge is -2.16. The van der Waals surface area contributed by atoms with Gasteiger partial charge in [-0.15, -0.1) is 0 Å². The van der Waals surface area contributed by atoms with E-state index < -0.39 is 28.0 Å². The van der Waals surface area contributed by atoms with Crippen LogP contribution in [0.15, 0.2) is 0 Å². The summed E-state index contributed by atoms with van der Waals surface area (Å²) in [4.78, 5) is 9.91. The van der Waals surface area contributed by atoms with E-state index in [-0.39, 0.29) is 4.31 Å². The van der Waals surface area contributed by atoms with E-state index in [2.05, 4.69) is 0 Å². The minimum atomic E-state index is -5.52. The molecular formula is C4H6F3NO4S. The highest BCUT2D eigenvalue weighted by molar-refractivity contribution is 7.90. The number of hydrogen-bond acceptors (Lipinski definition) is 3. The molecule has 13 heavy (non-hydrogen) atoms. The van der Waals surface area contributed by atoms with Crippen LogP contribution in [0.5, 0.6) is 0 Å². The molecule has 0 atom stereocenters. The second kappa shape index (κ2) is 3.50. The van der Waals surface area contributed by atoms with Crippen molar-refractivity contribution in [2.75, 3.05) is 13.6 Å². The molecule has 0 radical (unpaired) electrons. The van der Waals surface area contributed by atoms with Crippen LogP contribution < -0.4 is 0 Å². The van der Waals surface area contributed by atoms with Gasteiger partial charge in [-0.1, -0.05) is 0 Å². The number of alkyl halides is 3. The van der Waals surface area contributed by atoms with E-state index in [1.54, 1.807) is 0 Å². The minimum absolute atomic E-state index is 0.282. The molecule has 0 heterocycles. The highest BCUT2D eigenvalue weighted by atomic mass is 32.2. The molecule has 0 fully saturated rings. The summed E-state index contributed by atoms with van der Waals surface area (Å²) in [6, 6.07) is 0. The molecule has 0 saturated carbocycles. The third-order valence-electron chi connectivity index (χ3n) is 1.06. The van der Waals surface area contributed by atoms with Crippen LogP contribution in [0.3, 0.4) is 0 Å². The molecule has 0 aromatic rings. The summed E-state index contributed by atoms with van der Waals surface area (Å²) in [5, 5.41) is 8.04. The SMILES string of the molecule is CN(CC(=O)O)S(=O)(=O)C(F)(F)F. The van der Waals surface area contributed by atoms with Crippen molar-refractivity contribution in [1.29, 1.82) is 0 Å². The Bertz CT molecular complexity index is 295. The zero-order chi connectivity index (χ0) is 10.9. The first-order valence-corrected chi connectivity index (χ1v) is 4.27. The lowest BCUT2D eigenvalue weighted by Crippen LogP contribution is -2.40. The summed E-state index contributed by atoms with van der Waals surface area (Å²) < 4.78 is 55.7. The number of aliphatic carboxylic acids is 1. The van der Waals surface area contributed by atoms with Gasteiger partial charge in [0.05, 0.1) is 0 Å². The molecule has 78 valence electrons. The summed E-state index contributed by atoms with van der Waals surface area (Å²) in [6.07, 6.45) is 0. The predicted octanol–water partition coefficient (Wildman–Crippen LogP) is -0.148. The van der Waals surface area contributed by atoms with Crippen LogP contribution in [0.1, 0.15) is 0 Å². The molecule has 5 nitrogen and oxygen atoms in total. The van der Waals surface area contributed by atoms with Gasteiger partial charge in [-0.25, -0.2) is 8.42 Å². The van der Waals surface area contributed by atoms with Gasteiger partial charge in [-0.05, 0) is 0 Å². The van der Waals surface area contributed by atoms with Crippen molar-refractivity contribution in [2.24, 2.45) is 0 Å². The number of likely N-dealkylation sites (N-methyl/N-ethyl adjacent to an activating group) is 1. The third-order valence-corrected chi connectivity index (χ3v) is 2.60. The first-order valence-electron chi connectivity index (χ1n) is 2.83. The Kier molecular flexibility index (Phi) is 3.28. The average Bonchev–Trinajstić information content (AvgIpc) is 1.82. The van der Waals surface area contributed by atoms with Crippen LogP contribution >= 0.6 is 0 Å². The maximum Gasteiger partial charge on any atom is 0.511 e. The van der Waals surface area contributed by atoms with Crippen molar-refractivity contribution >= 4 is 16.0 Å². The summed E-state index contributed by atoms with van der Waals surface area (Å²) in [6.45, 7) is -1.22. The standard InChI is InChI=1S/C4H6F3NO4S/c1-8(2-3(9)10)13(11,12)4(5,6)7/h2H2,1H3,(H,9,10). The molecule has 9 heteroatoms. The number of sulfonamides is 1. The van der Waals surface area contributed by atoms with Crippen molar-refractivity contribution < 1.29 is 31.5 Å². The Morgan fingerprint density at radius 3 is 2.08 bits per heavy atom. The maximum atomic E-state index is 11.7. The summed E-state index contributed by atoms with van der Waals surface area (Å²) in [5.41, 5.74) is -5.46. The lowest BCUT2D eigenvalue weighted by molar-refractivity contribution is -0.137. The molecule has 0 aromatic heterocycles. The Morgan fingerprint density at radius 2 is 1.85 bits per heavy atom. The number of carboxylic acids is 1. The van der Waals surface area contributed by atoms with Gasteiger partial charge >= 0.3 is 21.5 Å².